The number of aromatic nitrogens is 1. The zero-order valence-electron chi connectivity index (χ0n) is 15.3. The van der Waals surface area contributed by atoms with Crippen LogP contribution in [0.1, 0.15) is 38.3 Å². The largest absolute Gasteiger partial charge is 0.353 e. The number of hydrogen-bond acceptors (Lipinski definition) is 3. The maximum Gasteiger partial charge on any atom is 0.241 e. The number of likely N-dealkylation sites (N-methyl/N-ethyl adjacent to an activating group) is 1. The molecule has 25 heavy (non-hydrogen) atoms. The SMILES string of the molecule is CC1CCCCC1NC(=NCc1ncccc1F)NCC(=O)N(C)C. The molecule has 2 N–H and O–H groups in total. The molecular formula is C18H28FN5O. The Bertz CT molecular complexity index is 605. The van der Waals surface area contributed by atoms with Gasteiger partial charge in [-0.25, -0.2) is 9.38 Å². The van der Waals surface area contributed by atoms with Crippen molar-refractivity contribution in [2.45, 2.75) is 45.2 Å². The molecule has 1 saturated carbocycles. The summed E-state index contributed by atoms with van der Waals surface area (Å²) in [4.78, 5) is 21.8. The summed E-state index contributed by atoms with van der Waals surface area (Å²) < 4.78 is 13.7. The highest BCUT2D eigenvalue weighted by Crippen LogP contribution is 2.23. The number of halogens is 1. The molecule has 1 aromatic rings. The Morgan fingerprint density at radius 2 is 2.16 bits per heavy atom. The van der Waals surface area contributed by atoms with Crippen LogP contribution < -0.4 is 10.6 Å². The lowest BCUT2D eigenvalue weighted by Gasteiger charge is -2.31. The molecule has 0 radical (unpaired) electrons. The number of hydrogen-bond donors (Lipinski definition) is 2. The lowest BCUT2D eigenvalue weighted by molar-refractivity contribution is -0.127. The van der Waals surface area contributed by atoms with E-state index >= 15 is 0 Å². The van der Waals surface area contributed by atoms with Crippen LogP contribution in [0.25, 0.3) is 0 Å². The molecule has 7 heteroatoms. The molecular weight excluding hydrogens is 321 g/mol. The molecule has 2 atom stereocenters. The molecule has 1 aliphatic rings. The van der Waals surface area contributed by atoms with Gasteiger partial charge in [0.2, 0.25) is 5.91 Å². The van der Waals surface area contributed by atoms with Gasteiger partial charge in [-0.15, -0.1) is 0 Å². The van der Waals surface area contributed by atoms with Gasteiger partial charge in [0, 0.05) is 26.3 Å². The van der Waals surface area contributed by atoms with Gasteiger partial charge in [0.15, 0.2) is 5.96 Å². The lowest BCUT2D eigenvalue weighted by Crippen LogP contribution is -2.49. The summed E-state index contributed by atoms with van der Waals surface area (Å²) in [6.45, 7) is 2.49. The first-order chi connectivity index (χ1) is 12.0. The second-order valence-electron chi connectivity index (χ2n) is 6.75. The van der Waals surface area contributed by atoms with Crippen molar-refractivity contribution >= 4 is 11.9 Å². The van der Waals surface area contributed by atoms with Gasteiger partial charge in [-0.3, -0.25) is 9.78 Å². The molecule has 0 spiro atoms. The third kappa shape index (κ3) is 5.99. The normalized spacial score (nSPS) is 20.9. The Balaban J connectivity index is 2.05. The molecule has 1 aromatic heterocycles. The number of carbonyl (C=O) groups excluding carboxylic acids is 1. The predicted octanol–water partition coefficient (Wildman–Crippen LogP) is 1.92. The van der Waals surface area contributed by atoms with Crippen LogP contribution >= 0.6 is 0 Å². The van der Waals surface area contributed by atoms with Crippen LogP contribution in [0, 0.1) is 11.7 Å². The van der Waals surface area contributed by atoms with Crippen LogP contribution in [0.2, 0.25) is 0 Å². The number of pyridine rings is 1. The van der Waals surface area contributed by atoms with E-state index in [0.29, 0.717) is 23.6 Å². The summed E-state index contributed by atoms with van der Waals surface area (Å²) in [5.74, 6) is 0.645. The van der Waals surface area contributed by atoms with Crippen LogP contribution in [0.3, 0.4) is 0 Å². The molecule has 1 fully saturated rings. The first-order valence-corrected chi connectivity index (χ1v) is 8.81. The third-order valence-corrected chi connectivity index (χ3v) is 4.56. The van der Waals surface area contributed by atoms with Gasteiger partial charge in [-0.2, -0.15) is 0 Å². The minimum Gasteiger partial charge on any atom is -0.353 e. The van der Waals surface area contributed by atoms with Crippen molar-refractivity contribution in [2.75, 3.05) is 20.6 Å². The zero-order chi connectivity index (χ0) is 18.2. The highest BCUT2D eigenvalue weighted by molar-refractivity contribution is 5.86. The van der Waals surface area contributed by atoms with Crippen molar-refractivity contribution in [3.63, 3.8) is 0 Å². The quantitative estimate of drug-likeness (QED) is 0.629. The van der Waals surface area contributed by atoms with E-state index in [4.69, 9.17) is 0 Å². The Hall–Kier alpha value is -2.18. The fourth-order valence-corrected chi connectivity index (χ4v) is 2.86. The van der Waals surface area contributed by atoms with Crippen LogP contribution in [-0.4, -0.2) is 48.4 Å². The molecule has 6 nitrogen and oxygen atoms in total. The number of nitrogens with zero attached hydrogens (tertiary/aromatic N) is 3. The summed E-state index contributed by atoms with van der Waals surface area (Å²) in [5, 5.41) is 6.46. The second kappa shape index (κ2) is 9.34. The number of aliphatic imine (C=N–C) groups is 1. The molecule has 0 aromatic carbocycles. The Morgan fingerprint density at radius 1 is 1.40 bits per heavy atom. The Kier molecular flexibility index (Phi) is 7.16. The van der Waals surface area contributed by atoms with Gasteiger partial charge in [-0.1, -0.05) is 19.8 Å². The first-order valence-electron chi connectivity index (χ1n) is 8.81. The van der Waals surface area contributed by atoms with Crippen LogP contribution in [-0.2, 0) is 11.3 Å². The van der Waals surface area contributed by atoms with Gasteiger partial charge in [0.25, 0.3) is 0 Å². The van der Waals surface area contributed by atoms with Crippen molar-refractivity contribution in [3.8, 4) is 0 Å². The average molecular weight is 349 g/mol. The van der Waals surface area contributed by atoms with Gasteiger partial charge in [0.05, 0.1) is 18.8 Å². The lowest BCUT2D eigenvalue weighted by atomic mass is 9.86. The number of rotatable bonds is 5. The molecule has 1 amide bonds. The van der Waals surface area contributed by atoms with Crippen LogP contribution in [0.15, 0.2) is 23.3 Å². The topological polar surface area (TPSA) is 69.6 Å². The van der Waals surface area contributed by atoms with Gasteiger partial charge >= 0.3 is 0 Å². The maximum atomic E-state index is 13.7. The summed E-state index contributed by atoms with van der Waals surface area (Å²) >= 11 is 0. The van der Waals surface area contributed by atoms with E-state index in [-0.39, 0.29) is 24.8 Å². The second-order valence-corrected chi connectivity index (χ2v) is 6.75. The van der Waals surface area contributed by atoms with E-state index in [2.05, 4.69) is 27.5 Å². The van der Waals surface area contributed by atoms with Crippen molar-refractivity contribution in [1.29, 1.82) is 0 Å². The molecule has 1 aliphatic carbocycles. The predicted molar refractivity (Wildman–Crippen MR) is 96.6 cm³/mol. The Labute approximate surface area is 148 Å². The molecule has 0 aliphatic heterocycles. The maximum absolute atomic E-state index is 13.7. The first kappa shape index (κ1) is 19.1. The highest BCUT2D eigenvalue weighted by atomic mass is 19.1. The minimum absolute atomic E-state index is 0.0461. The zero-order valence-corrected chi connectivity index (χ0v) is 15.3. The summed E-state index contributed by atoms with van der Waals surface area (Å²) in [7, 11) is 3.42. The van der Waals surface area contributed by atoms with Gasteiger partial charge in [-0.05, 0) is 30.9 Å². The van der Waals surface area contributed by atoms with E-state index in [1.54, 1.807) is 26.4 Å². The Morgan fingerprint density at radius 3 is 2.84 bits per heavy atom. The van der Waals surface area contributed by atoms with E-state index < -0.39 is 0 Å². The number of nitrogens with one attached hydrogen (secondary N) is 2. The van der Waals surface area contributed by atoms with Crippen molar-refractivity contribution in [2.24, 2.45) is 10.9 Å². The molecule has 1 heterocycles. The summed E-state index contributed by atoms with van der Waals surface area (Å²) in [6, 6.07) is 3.24. The van der Waals surface area contributed by atoms with E-state index in [1.165, 1.54) is 30.2 Å². The van der Waals surface area contributed by atoms with Crippen LogP contribution in [0.4, 0.5) is 4.39 Å². The fraction of sp³-hybridized carbons (Fsp3) is 0.611. The summed E-state index contributed by atoms with van der Waals surface area (Å²) in [5.41, 5.74) is 0.291. The minimum atomic E-state index is -0.374. The average Bonchev–Trinajstić information content (AvgIpc) is 2.59. The van der Waals surface area contributed by atoms with E-state index in [0.717, 1.165) is 6.42 Å². The van der Waals surface area contributed by atoms with E-state index in [9.17, 15) is 9.18 Å². The van der Waals surface area contributed by atoms with Crippen molar-refractivity contribution < 1.29 is 9.18 Å². The highest BCUT2D eigenvalue weighted by Gasteiger charge is 2.22. The number of carbonyl (C=O) groups is 1. The van der Waals surface area contributed by atoms with Crippen molar-refractivity contribution in [3.05, 3.63) is 29.8 Å². The van der Waals surface area contributed by atoms with Gasteiger partial charge in [0.1, 0.15) is 5.82 Å². The fourth-order valence-electron chi connectivity index (χ4n) is 2.86. The summed E-state index contributed by atoms with van der Waals surface area (Å²) in [6.07, 6.45) is 6.23. The molecule has 0 saturated heterocycles. The van der Waals surface area contributed by atoms with Gasteiger partial charge < -0.3 is 15.5 Å². The molecule has 138 valence electrons. The monoisotopic (exact) mass is 349 g/mol. The smallest absolute Gasteiger partial charge is 0.241 e. The third-order valence-electron chi connectivity index (χ3n) is 4.56. The van der Waals surface area contributed by atoms with E-state index in [1.807, 2.05) is 0 Å². The molecule has 2 rings (SSSR count). The van der Waals surface area contributed by atoms with Crippen molar-refractivity contribution in [1.82, 2.24) is 20.5 Å². The standard InChI is InChI=1S/C18H28FN5O/c1-13-7-4-5-9-15(13)23-18(22-12-17(25)24(2)3)21-11-16-14(19)8-6-10-20-16/h6,8,10,13,15H,4-5,7,9,11-12H2,1-3H3,(H2,21,22,23). The molecule has 0 bridgehead atoms. The number of amides is 1. The molecule has 2 unspecified atom stereocenters. The van der Waals surface area contributed by atoms with Crippen LogP contribution in [0.5, 0.6) is 0 Å². The number of guanidine groups is 1.